The molecule has 0 aromatic heterocycles. The Bertz CT molecular complexity index is 1010. The third-order valence-corrected chi connectivity index (χ3v) is 6.71. The molecule has 2 bridgehead atoms. The van der Waals surface area contributed by atoms with E-state index < -0.39 is 23.6 Å². The maximum atomic E-state index is 12.9. The summed E-state index contributed by atoms with van der Waals surface area (Å²) in [6, 6.07) is 8.41. The van der Waals surface area contributed by atoms with Crippen LogP contribution in [0.5, 0.6) is 0 Å². The van der Waals surface area contributed by atoms with Gasteiger partial charge in [-0.05, 0) is 45.6 Å². The van der Waals surface area contributed by atoms with Gasteiger partial charge in [-0.1, -0.05) is 30.3 Å². The second kappa shape index (κ2) is 12.0. The van der Waals surface area contributed by atoms with Crippen molar-refractivity contribution in [1.29, 1.82) is 0 Å². The first kappa shape index (κ1) is 27.6. The molecule has 3 aliphatic heterocycles. The normalized spacial score (nSPS) is 21.8. The number of rotatable bonds is 7. The molecule has 2 atom stereocenters. The van der Waals surface area contributed by atoms with Gasteiger partial charge in [-0.15, -0.1) is 0 Å². The van der Waals surface area contributed by atoms with Crippen molar-refractivity contribution in [2.75, 3.05) is 39.3 Å². The molecule has 38 heavy (non-hydrogen) atoms. The van der Waals surface area contributed by atoms with Gasteiger partial charge in [0.2, 0.25) is 0 Å². The number of ether oxygens (including phenoxy) is 1. The number of piperidine rings is 1. The fraction of sp³-hybridized carbons (Fsp3) is 0.615. The van der Waals surface area contributed by atoms with Crippen LogP contribution in [0.2, 0.25) is 0 Å². The van der Waals surface area contributed by atoms with Crippen molar-refractivity contribution < 1.29 is 33.6 Å². The zero-order valence-electron chi connectivity index (χ0n) is 22.3. The van der Waals surface area contributed by atoms with Crippen LogP contribution in [-0.2, 0) is 30.6 Å². The van der Waals surface area contributed by atoms with Crippen molar-refractivity contribution in [2.45, 2.75) is 64.3 Å². The lowest BCUT2D eigenvalue weighted by atomic mass is 10.0. The highest BCUT2D eigenvalue weighted by molar-refractivity contribution is 5.88. The van der Waals surface area contributed by atoms with E-state index in [9.17, 15) is 19.2 Å². The van der Waals surface area contributed by atoms with Crippen LogP contribution in [0.1, 0.15) is 45.6 Å². The van der Waals surface area contributed by atoms with Gasteiger partial charge in [0.05, 0.1) is 6.04 Å². The van der Waals surface area contributed by atoms with Crippen LogP contribution in [0.4, 0.5) is 9.59 Å². The number of benzene rings is 1. The monoisotopic (exact) mass is 531 g/mol. The van der Waals surface area contributed by atoms with Crippen LogP contribution in [0, 0.1) is 0 Å². The number of nitrogens with one attached hydrogen (secondary N) is 1. The number of amides is 5. The molecule has 0 spiro atoms. The van der Waals surface area contributed by atoms with E-state index >= 15 is 0 Å². The maximum Gasteiger partial charge on any atom is 0.410 e. The molecule has 12 heteroatoms. The number of hydrogen-bond donors (Lipinski definition) is 1. The zero-order valence-corrected chi connectivity index (χ0v) is 22.3. The van der Waals surface area contributed by atoms with E-state index in [0.717, 1.165) is 5.56 Å². The Morgan fingerprint density at radius 2 is 1.71 bits per heavy atom. The molecule has 4 rings (SSSR count). The summed E-state index contributed by atoms with van der Waals surface area (Å²) in [6.07, 6.45) is 1.30. The molecule has 0 radical (unpaired) electrons. The van der Waals surface area contributed by atoms with Crippen molar-refractivity contribution in [3.8, 4) is 0 Å². The standard InChI is InChI=1S/C26H37N5O7/c1-26(2,3)38-25(35)29-13-7-12-28(14-15-29)22(32)18-36-27-23(33)21-11-10-20-16-30(21)24(34)31(20)37-17-19-8-5-4-6-9-19/h4-6,8-9,20-21H,7,10-18H2,1-3H3,(H,27,33)/t20-,21+/m1/s1. The predicted octanol–water partition coefficient (Wildman–Crippen LogP) is 1.90. The summed E-state index contributed by atoms with van der Waals surface area (Å²) < 4.78 is 5.42. The molecular formula is C26H37N5O7. The summed E-state index contributed by atoms with van der Waals surface area (Å²) in [7, 11) is 0. The molecule has 3 fully saturated rings. The van der Waals surface area contributed by atoms with E-state index in [-0.39, 0.29) is 31.2 Å². The molecule has 12 nitrogen and oxygen atoms in total. The van der Waals surface area contributed by atoms with Crippen LogP contribution in [0.3, 0.4) is 0 Å². The van der Waals surface area contributed by atoms with Crippen molar-refractivity contribution >= 4 is 23.9 Å². The third-order valence-electron chi connectivity index (χ3n) is 6.71. The smallest absolute Gasteiger partial charge is 0.410 e. The van der Waals surface area contributed by atoms with E-state index in [0.29, 0.717) is 52.0 Å². The molecule has 5 amide bonds. The van der Waals surface area contributed by atoms with Gasteiger partial charge in [0.15, 0.2) is 6.61 Å². The minimum absolute atomic E-state index is 0.110. The number of urea groups is 1. The van der Waals surface area contributed by atoms with Gasteiger partial charge in [0, 0.05) is 32.7 Å². The average Bonchev–Trinajstić information content (AvgIpc) is 3.03. The maximum absolute atomic E-state index is 12.9. The van der Waals surface area contributed by atoms with E-state index in [4.69, 9.17) is 14.4 Å². The molecule has 3 saturated heterocycles. The zero-order chi connectivity index (χ0) is 27.3. The fourth-order valence-corrected chi connectivity index (χ4v) is 4.79. The molecule has 3 aliphatic rings. The minimum Gasteiger partial charge on any atom is -0.444 e. The fourth-order valence-electron chi connectivity index (χ4n) is 4.79. The Morgan fingerprint density at radius 3 is 2.45 bits per heavy atom. The van der Waals surface area contributed by atoms with Crippen LogP contribution in [0.15, 0.2) is 30.3 Å². The van der Waals surface area contributed by atoms with Gasteiger partial charge in [0.25, 0.3) is 11.8 Å². The largest absolute Gasteiger partial charge is 0.444 e. The van der Waals surface area contributed by atoms with Gasteiger partial charge < -0.3 is 19.4 Å². The average molecular weight is 532 g/mol. The molecular weight excluding hydrogens is 494 g/mol. The number of hydroxylamine groups is 3. The van der Waals surface area contributed by atoms with Crippen LogP contribution < -0.4 is 5.48 Å². The summed E-state index contributed by atoms with van der Waals surface area (Å²) in [6.45, 7) is 7.43. The van der Waals surface area contributed by atoms with E-state index in [2.05, 4.69) is 5.48 Å². The number of nitrogens with zero attached hydrogens (tertiary/aromatic N) is 4. The minimum atomic E-state index is -0.695. The first-order valence-electron chi connectivity index (χ1n) is 13.1. The Kier molecular flexibility index (Phi) is 8.72. The molecule has 3 heterocycles. The Balaban J connectivity index is 1.20. The molecule has 1 N–H and O–H groups in total. The number of hydrogen-bond acceptors (Lipinski definition) is 7. The van der Waals surface area contributed by atoms with Gasteiger partial charge in [-0.25, -0.2) is 15.1 Å². The van der Waals surface area contributed by atoms with Crippen molar-refractivity contribution in [3.63, 3.8) is 0 Å². The van der Waals surface area contributed by atoms with Crippen LogP contribution in [-0.4, -0.2) is 101 Å². The van der Waals surface area contributed by atoms with E-state index in [1.165, 1.54) is 9.96 Å². The second-order valence-electron chi connectivity index (χ2n) is 10.7. The molecule has 0 unspecified atom stereocenters. The Morgan fingerprint density at radius 1 is 1.00 bits per heavy atom. The van der Waals surface area contributed by atoms with Gasteiger partial charge in [0.1, 0.15) is 18.2 Å². The van der Waals surface area contributed by atoms with Crippen molar-refractivity contribution in [1.82, 2.24) is 25.2 Å². The first-order chi connectivity index (χ1) is 18.1. The Labute approximate surface area is 222 Å². The van der Waals surface area contributed by atoms with Crippen LogP contribution >= 0.6 is 0 Å². The molecule has 0 saturated carbocycles. The van der Waals surface area contributed by atoms with Gasteiger partial charge >= 0.3 is 12.1 Å². The molecule has 1 aromatic rings. The molecule has 208 valence electrons. The number of fused-ring (bicyclic) bond motifs is 2. The van der Waals surface area contributed by atoms with E-state index in [1.807, 2.05) is 51.1 Å². The van der Waals surface area contributed by atoms with Gasteiger partial charge in [-0.3, -0.25) is 19.3 Å². The summed E-state index contributed by atoms with van der Waals surface area (Å²) in [5.41, 5.74) is 2.71. The predicted molar refractivity (Wildman–Crippen MR) is 135 cm³/mol. The second-order valence-corrected chi connectivity index (χ2v) is 10.7. The van der Waals surface area contributed by atoms with Gasteiger partial charge in [-0.2, -0.15) is 5.06 Å². The Hall–Kier alpha value is -3.38. The third kappa shape index (κ3) is 6.93. The quantitative estimate of drug-likeness (QED) is 0.534. The summed E-state index contributed by atoms with van der Waals surface area (Å²) in [4.78, 5) is 66.4. The van der Waals surface area contributed by atoms with Crippen molar-refractivity contribution in [3.05, 3.63) is 35.9 Å². The lowest BCUT2D eigenvalue weighted by molar-refractivity contribution is -0.147. The summed E-state index contributed by atoms with van der Waals surface area (Å²) in [5, 5.41) is 1.37. The lowest BCUT2D eigenvalue weighted by Crippen LogP contribution is -2.50. The topological polar surface area (TPSA) is 121 Å². The summed E-state index contributed by atoms with van der Waals surface area (Å²) in [5.74, 6) is -0.765. The lowest BCUT2D eigenvalue weighted by Gasteiger charge is -2.29. The highest BCUT2D eigenvalue weighted by Crippen LogP contribution is 2.30. The number of carbonyl (C=O) groups excluding carboxylic acids is 4. The SMILES string of the molecule is CC(C)(C)OC(=O)N1CCCN(C(=O)CONC(=O)[C@@H]2CC[C@@H]3CN2C(=O)N3OCc2ccccc2)CC1. The highest BCUT2D eigenvalue weighted by atomic mass is 16.7. The molecule has 0 aliphatic carbocycles. The summed E-state index contributed by atoms with van der Waals surface area (Å²) >= 11 is 0. The highest BCUT2D eigenvalue weighted by Gasteiger charge is 2.48. The van der Waals surface area contributed by atoms with Crippen molar-refractivity contribution in [2.24, 2.45) is 0 Å². The first-order valence-corrected chi connectivity index (χ1v) is 13.1. The number of carbonyl (C=O) groups is 4. The van der Waals surface area contributed by atoms with Crippen LogP contribution in [0.25, 0.3) is 0 Å². The molecule has 1 aromatic carbocycles. The van der Waals surface area contributed by atoms with E-state index in [1.54, 1.807) is 9.80 Å².